The minimum absolute atomic E-state index is 0.171. The molecule has 110 valence electrons. The molecule has 1 aromatic rings. The molecule has 1 atom stereocenters. The number of aromatic nitrogens is 2. The molecule has 0 fully saturated rings. The standard InChI is InChI=1S/C14H23F3N2/c1-3-7-12(4-2)13-10-18-19(11-13)9-6-5-8-14(15,16)17/h10-12H,3-9H2,1-2H3. The Kier molecular flexibility index (Phi) is 6.38. The lowest BCUT2D eigenvalue weighted by Crippen LogP contribution is -2.07. The Hall–Kier alpha value is -1.00. The zero-order valence-electron chi connectivity index (χ0n) is 11.7. The Labute approximate surface area is 113 Å². The van der Waals surface area contributed by atoms with E-state index in [4.69, 9.17) is 0 Å². The van der Waals surface area contributed by atoms with Crippen LogP contribution in [0.4, 0.5) is 13.2 Å². The van der Waals surface area contributed by atoms with Gasteiger partial charge in [-0.15, -0.1) is 0 Å². The average molecular weight is 276 g/mol. The van der Waals surface area contributed by atoms with Crippen LogP contribution in [0, 0.1) is 0 Å². The highest BCUT2D eigenvalue weighted by atomic mass is 19.4. The minimum Gasteiger partial charge on any atom is -0.272 e. The quantitative estimate of drug-likeness (QED) is 0.617. The van der Waals surface area contributed by atoms with Crippen LogP contribution in [0.25, 0.3) is 0 Å². The summed E-state index contributed by atoms with van der Waals surface area (Å²) >= 11 is 0. The summed E-state index contributed by atoms with van der Waals surface area (Å²) in [6, 6.07) is 0. The lowest BCUT2D eigenvalue weighted by molar-refractivity contribution is -0.135. The first-order valence-corrected chi connectivity index (χ1v) is 7.05. The first kappa shape index (κ1) is 16.1. The van der Waals surface area contributed by atoms with Gasteiger partial charge in [-0.2, -0.15) is 18.3 Å². The number of nitrogens with zero attached hydrogens (tertiary/aromatic N) is 2. The molecule has 0 aliphatic rings. The number of rotatable bonds is 8. The largest absolute Gasteiger partial charge is 0.389 e. The second kappa shape index (κ2) is 7.56. The van der Waals surface area contributed by atoms with Crippen molar-refractivity contribution in [3.63, 3.8) is 0 Å². The van der Waals surface area contributed by atoms with Crippen LogP contribution in [0.1, 0.15) is 63.9 Å². The van der Waals surface area contributed by atoms with Gasteiger partial charge in [0, 0.05) is 19.2 Å². The summed E-state index contributed by atoms with van der Waals surface area (Å²) in [5, 5.41) is 4.24. The van der Waals surface area contributed by atoms with E-state index >= 15 is 0 Å². The van der Waals surface area contributed by atoms with Crippen LogP contribution in [0.2, 0.25) is 0 Å². The predicted molar refractivity (Wildman–Crippen MR) is 70.1 cm³/mol. The topological polar surface area (TPSA) is 17.8 Å². The molecule has 0 N–H and O–H groups in total. The smallest absolute Gasteiger partial charge is 0.272 e. The molecule has 0 saturated heterocycles. The van der Waals surface area contributed by atoms with E-state index in [-0.39, 0.29) is 6.42 Å². The van der Waals surface area contributed by atoms with E-state index in [1.165, 1.54) is 5.56 Å². The molecule has 0 radical (unpaired) electrons. The Balaban J connectivity index is 2.38. The zero-order valence-corrected chi connectivity index (χ0v) is 11.7. The van der Waals surface area contributed by atoms with Crippen molar-refractivity contribution in [1.29, 1.82) is 0 Å². The van der Waals surface area contributed by atoms with Crippen molar-refractivity contribution in [1.82, 2.24) is 9.78 Å². The molecule has 0 bridgehead atoms. The van der Waals surface area contributed by atoms with Gasteiger partial charge in [0.15, 0.2) is 0 Å². The summed E-state index contributed by atoms with van der Waals surface area (Å²) in [7, 11) is 0. The second-order valence-corrected chi connectivity index (χ2v) is 5.00. The highest BCUT2D eigenvalue weighted by molar-refractivity contribution is 5.10. The van der Waals surface area contributed by atoms with Crippen LogP contribution in [0.15, 0.2) is 12.4 Å². The van der Waals surface area contributed by atoms with Gasteiger partial charge in [0.2, 0.25) is 0 Å². The van der Waals surface area contributed by atoms with Gasteiger partial charge < -0.3 is 0 Å². The maximum Gasteiger partial charge on any atom is 0.389 e. The average Bonchev–Trinajstić information content (AvgIpc) is 2.79. The highest BCUT2D eigenvalue weighted by Gasteiger charge is 2.25. The van der Waals surface area contributed by atoms with E-state index in [2.05, 4.69) is 18.9 Å². The molecule has 1 aromatic heterocycles. The first-order chi connectivity index (χ1) is 8.96. The van der Waals surface area contributed by atoms with Crippen molar-refractivity contribution in [2.24, 2.45) is 0 Å². The summed E-state index contributed by atoms with van der Waals surface area (Å²) in [5.74, 6) is 0.522. The fourth-order valence-electron chi connectivity index (χ4n) is 2.27. The third kappa shape index (κ3) is 6.12. The second-order valence-electron chi connectivity index (χ2n) is 5.00. The van der Waals surface area contributed by atoms with Gasteiger partial charge in [-0.3, -0.25) is 4.68 Å². The molecule has 0 aliphatic heterocycles. The number of hydrogen-bond donors (Lipinski definition) is 0. The number of hydrogen-bond acceptors (Lipinski definition) is 1. The van der Waals surface area contributed by atoms with E-state index in [0.29, 0.717) is 18.9 Å². The maximum absolute atomic E-state index is 12.0. The molecule has 1 heterocycles. The molecule has 0 aliphatic carbocycles. The molecule has 2 nitrogen and oxygen atoms in total. The molecule has 0 spiro atoms. The number of unbranched alkanes of at least 4 members (excludes halogenated alkanes) is 1. The predicted octanol–water partition coefficient (Wildman–Crippen LogP) is 4.91. The lowest BCUT2D eigenvalue weighted by atomic mass is 9.95. The Morgan fingerprint density at radius 1 is 1.26 bits per heavy atom. The van der Waals surface area contributed by atoms with Crippen molar-refractivity contribution in [2.75, 3.05) is 0 Å². The van der Waals surface area contributed by atoms with Gasteiger partial charge in [0.25, 0.3) is 0 Å². The van der Waals surface area contributed by atoms with Crippen LogP contribution in [0.5, 0.6) is 0 Å². The van der Waals surface area contributed by atoms with Crippen molar-refractivity contribution in [3.8, 4) is 0 Å². The molecular weight excluding hydrogens is 253 g/mol. The lowest BCUT2D eigenvalue weighted by Gasteiger charge is -2.10. The van der Waals surface area contributed by atoms with Crippen molar-refractivity contribution >= 4 is 0 Å². The first-order valence-electron chi connectivity index (χ1n) is 7.05. The summed E-state index contributed by atoms with van der Waals surface area (Å²) in [5.41, 5.74) is 1.21. The van der Waals surface area contributed by atoms with E-state index in [1.54, 1.807) is 4.68 Å². The fourth-order valence-corrected chi connectivity index (χ4v) is 2.27. The fraction of sp³-hybridized carbons (Fsp3) is 0.786. The van der Waals surface area contributed by atoms with E-state index in [1.807, 2.05) is 12.4 Å². The van der Waals surface area contributed by atoms with Crippen LogP contribution >= 0.6 is 0 Å². The molecular formula is C14H23F3N2. The van der Waals surface area contributed by atoms with Gasteiger partial charge in [-0.1, -0.05) is 20.3 Å². The molecule has 1 rings (SSSR count). The van der Waals surface area contributed by atoms with Crippen molar-refractivity contribution in [3.05, 3.63) is 18.0 Å². The van der Waals surface area contributed by atoms with Crippen LogP contribution in [-0.4, -0.2) is 16.0 Å². The van der Waals surface area contributed by atoms with Gasteiger partial charge in [-0.05, 0) is 37.2 Å². The summed E-state index contributed by atoms with van der Waals surface area (Å²) < 4.78 is 37.8. The van der Waals surface area contributed by atoms with Crippen molar-refractivity contribution < 1.29 is 13.2 Å². The summed E-state index contributed by atoms with van der Waals surface area (Å²) in [6.45, 7) is 4.88. The monoisotopic (exact) mass is 276 g/mol. The molecule has 0 amide bonds. The Bertz CT molecular complexity index is 358. The maximum atomic E-state index is 12.0. The van der Waals surface area contributed by atoms with E-state index in [9.17, 15) is 13.2 Å². The Morgan fingerprint density at radius 3 is 2.58 bits per heavy atom. The number of alkyl halides is 3. The van der Waals surface area contributed by atoms with E-state index in [0.717, 1.165) is 19.3 Å². The third-order valence-corrected chi connectivity index (χ3v) is 3.35. The highest BCUT2D eigenvalue weighted by Crippen LogP contribution is 2.25. The third-order valence-electron chi connectivity index (χ3n) is 3.35. The summed E-state index contributed by atoms with van der Waals surface area (Å²) in [6.07, 6.45) is 3.14. The molecule has 0 saturated carbocycles. The van der Waals surface area contributed by atoms with Crippen LogP contribution in [0.3, 0.4) is 0 Å². The minimum atomic E-state index is -4.04. The van der Waals surface area contributed by atoms with Gasteiger partial charge >= 0.3 is 6.18 Å². The van der Waals surface area contributed by atoms with E-state index < -0.39 is 12.6 Å². The van der Waals surface area contributed by atoms with Crippen molar-refractivity contribution in [2.45, 2.75) is 71.0 Å². The Morgan fingerprint density at radius 2 is 2.00 bits per heavy atom. The molecule has 19 heavy (non-hydrogen) atoms. The van der Waals surface area contributed by atoms with Crippen LogP contribution in [-0.2, 0) is 6.54 Å². The molecule has 0 aromatic carbocycles. The number of aryl methyl sites for hydroxylation is 1. The molecule has 1 unspecified atom stereocenters. The zero-order chi connectivity index (χ0) is 14.3. The number of halogens is 3. The normalized spacial score (nSPS) is 13.7. The SMILES string of the molecule is CCCC(CC)c1cnn(CCCCC(F)(F)F)c1. The van der Waals surface area contributed by atoms with Crippen LogP contribution < -0.4 is 0 Å². The van der Waals surface area contributed by atoms with Gasteiger partial charge in [0.05, 0.1) is 6.20 Å². The van der Waals surface area contributed by atoms with Gasteiger partial charge in [-0.25, -0.2) is 0 Å². The summed E-state index contributed by atoms with van der Waals surface area (Å²) in [4.78, 5) is 0. The van der Waals surface area contributed by atoms with Gasteiger partial charge in [0.1, 0.15) is 0 Å². The molecule has 5 heteroatoms.